The molecule has 2 atom stereocenters. The zero-order valence-corrected chi connectivity index (χ0v) is 15.8. The van der Waals surface area contributed by atoms with Crippen molar-refractivity contribution in [2.45, 2.75) is 110 Å². The molecule has 2 rings (SSSR count). The van der Waals surface area contributed by atoms with Gasteiger partial charge in [0.25, 0.3) is 0 Å². The minimum atomic E-state index is 0.0364. The van der Waals surface area contributed by atoms with Crippen molar-refractivity contribution in [2.75, 3.05) is 0 Å². The van der Waals surface area contributed by atoms with Gasteiger partial charge in [0, 0.05) is 0 Å². The molecule has 1 nitrogen and oxygen atoms in total. The third-order valence-corrected chi connectivity index (χ3v) is 6.87. The Balaban J connectivity index is 1.75. The van der Waals surface area contributed by atoms with Gasteiger partial charge < -0.3 is 0 Å². The molecule has 0 N–H and O–H groups in total. The lowest BCUT2D eigenvalue weighted by molar-refractivity contribution is 0.103. The van der Waals surface area contributed by atoms with Gasteiger partial charge in [0.1, 0.15) is 0 Å². The molecule has 0 radical (unpaired) electrons. The molecular formula is C22H39N. The summed E-state index contributed by atoms with van der Waals surface area (Å²) < 4.78 is 0. The second kappa shape index (κ2) is 9.71. The minimum absolute atomic E-state index is 0.0364. The maximum absolute atomic E-state index is 9.72. The summed E-state index contributed by atoms with van der Waals surface area (Å²) in [6.07, 6.45) is 20.4. The van der Waals surface area contributed by atoms with E-state index < -0.39 is 0 Å². The number of unbranched alkanes of at least 4 members (excludes halogenated alkanes) is 3. The van der Waals surface area contributed by atoms with Crippen molar-refractivity contribution < 1.29 is 0 Å². The van der Waals surface area contributed by atoms with Crippen LogP contribution in [-0.4, -0.2) is 0 Å². The molecule has 0 aromatic rings. The zero-order valence-electron chi connectivity index (χ0n) is 15.8. The van der Waals surface area contributed by atoms with Crippen LogP contribution in [0.1, 0.15) is 110 Å². The van der Waals surface area contributed by atoms with Crippen LogP contribution >= 0.6 is 0 Å². The molecular weight excluding hydrogens is 278 g/mol. The van der Waals surface area contributed by atoms with E-state index in [1.807, 2.05) is 0 Å². The molecule has 0 spiro atoms. The van der Waals surface area contributed by atoms with Crippen LogP contribution < -0.4 is 0 Å². The molecule has 0 aliphatic heterocycles. The Bertz CT molecular complexity index is 357. The van der Waals surface area contributed by atoms with E-state index in [9.17, 15) is 5.26 Å². The van der Waals surface area contributed by atoms with E-state index in [1.54, 1.807) is 0 Å². The zero-order chi connectivity index (χ0) is 16.5. The van der Waals surface area contributed by atoms with Crippen LogP contribution in [0.2, 0.25) is 0 Å². The molecule has 132 valence electrons. The average Bonchev–Trinajstić information content (AvgIpc) is 2.60. The van der Waals surface area contributed by atoms with E-state index in [2.05, 4.69) is 19.9 Å². The first-order valence-electron chi connectivity index (χ1n) is 10.6. The first-order valence-corrected chi connectivity index (χ1v) is 10.6. The molecule has 1 heteroatoms. The summed E-state index contributed by atoms with van der Waals surface area (Å²) in [5.41, 5.74) is 0.0364. The maximum Gasteiger partial charge on any atom is 0.0689 e. The summed E-state index contributed by atoms with van der Waals surface area (Å²) in [6, 6.07) is 2.74. The fourth-order valence-electron chi connectivity index (χ4n) is 5.48. The van der Waals surface area contributed by atoms with Gasteiger partial charge in [-0.2, -0.15) is 5.26 Å². The van der Waals surface area contributed by atoms with Crippen molar-refractivity contribution in [1.29, 1.82) is 5.26 Å². The highest BCUT2D eigenvalue weighted by atomic mass is 14.5. The average molecular weight is 318 g/mol. The standard InChI is InChI=1S/C22H39N/c1-3-5-6-7-9-19-11-13-20(14-12-19)21-10-8-16-22(17-21,18-23)15-4-2/h19-21H,3-17H2,1-2H3/t19?,20?,21-,22+/m1/s1. The number of nitriles is 1. The highest BCUT2D eigenvalue weighted by Gasteiger charge is 2.39. The largest absolute Gasteiger partial charge is 0.198 e. The van der Waals surface area contributed by atoms with Gasteiger partial charge in [-0.05, 0) is 49.9 Å². The quantitative estimate of drug-likeness (QED) is 0.432. The molecule has 0 unspecified atom stereocenters. The number of hydrogen-bond acceptors (Lipinski definition) is 1. The highest BCUT2D eigenvalue weighted by Crippen LogP contribution is 2.48. The first-order chi connectivity index (χ1) is 11.2. The maximum atomic E-state index is 9.72. The van der Waals surface area contributed by atoms with Crippen molar-refractivity contribution in [2.24, 2.45) is 23.2 Å². The highest BCUT2D eigenvalue weighted by molar-refractivity contribution is 5.02. The molecule has 0 bridgehead atoms. The van der Waals surface area contributed by atoms with Crippen LogP contribution in [0.5, 0.6) is 0 Å². The summed E-state index contributed by atoms with van der Waals surface area (Å²) in [5.74, 6) is 2.81. The Labute approximate surface area is 145 Å². The normalized spacial score (nSPS) is 34.9. The summed E-state index contributed by atoms with van der Waals surface area (Å²) >= 11 is 0. The van der Waals surface area contributed by atoms with E-state index in [4.69, 9.17) is 0 Å². The summed E-state index contributed by atoms with van der Waals surface area (Å²) in [4.78, 5) is 0. The Hall–Kier alpha value is -0.510. The van der Waals surface area contributed by atoms with Crippen molar-refractivity contribution in [3.8, 4) is 6.07 Å². The van der Waals surface area contributed by atoms with Gasteiger partial charge in [0.15, 0.2) is 0 Å². The molecule has 0 heterocycles. The van der Waals surface area contributed by atoms with E-state index in [-0.39, 0.29) is 5.41 Å². The molecule has 2 aliphatic rings. The number of nitrogens with zero attached hydrogens (tertiary/aromatic N) is 1. The summed E-state index contributed by atoms with van der Waals surface area (Å²) in [6.45, 7) is 4.54. The number of hydrogen-bond donors (Lipinski definition) is 0. The lowest BCUT2D eigenvalue weighted by Gasteiger charge is -2.41. The third kappa shape index (κ3) is 5.51. The van der Waals surface area contributed by atoms with Crippen LogP contribution in [0.3, 0.4) is 0 Å². The van der Waals surface area contributed by atoms with Gasteiger partial charge in [-0.15, -0.1) is 0 Å². The minimum Gasteiger partial charge on any atom is -0.198 e. The lowest BCUT2D eigenvalue weighted by Crippen LogP contribution is -2.32. The molecule has 0 saturated heterocycles. The van der Waals surface area contributed by atoms with Gasteiger partial charge in [0.2, 0.25) is 0 Å². The Morgan fingerprint density at radius 3 is 2.35 bits per heavy atom. The Kier molecular flexibility index (Phi) is 7.94. The third-order valence-electron chi connectivity index (χ3n) is 6.87. The molecule has 0 aromatic carbocycles. The Morgan fingerprint density at radius 1 is 0.913 bits per heavy atom. The predicted octanol–water partition coefficient (Wildman–Crippen LogP) is 7.26. The van der Waals surface area contributed by atoms with E-state index in [0.29, 0.717) is 0 Å². The molecule has 23 heavy (non-hydrogen) atoms. The SMILES string of the molecule is CCCCCCC1CCC([C@@H]2CCC[C@@](C#N)(CCC)C2)CC1. The van der Waals surface area contributed by atoms with Crippen LogP contribution in [-0.2, 0) is 0 Å². The van der Waals surface area contributed by atoms with Crippen molar-refractivity contribution >= 4 is 0 Å². The smallest absolute Gasteiger partial charge is 0.0689 e. The van der Waals surface area contributed by atoms with Gasteiger partial charge in [-0.25, -0.2) is 0 Å². The van der Waals surface area contributed by atoms with Crippen molar-refractivity contribution in [3.05, 3.63) is 0 Å². The molecule has 2 saturated carbocycles. The number of rotatable bonds is 8. The van der Waals surface area contributed by atoms with Crippen molar-refractivity contribution in [3.63, 3.8) is 0 Å². The predicted molar refractivity (Wildman–Crippen MR) is 99.1 cm³/mol. The topological polar surface area (TPSA) is 23.8 Å². The summed E-state index contributed by atoms with van der Waals surface area (Å²) in [5, 5.41) is 9.72. The van der Waals surface area contributed by atoms with Crippen molar-refractivity contribution in [1.82, 2.24) is 0 Å². The van der Waals surface area contributed by atoms with Gasteiger partial charge in [-0.3, -0.25) is 0 Å². The first kappa shape index (κ1) is 18.8. The van der Waals surface area contributed by atoms with E-state index in [1.165, 1.54) is 89.9 Å². The second-order valence-electron chi connectivity index (χ2n) is 8.63. The van der Waals surface area contributed by atoms with Gasteiger partial charge in [-0.1, -0.05) is 78.1 Å². The van der Waals surface area contributed by atoms with Crippen LogP contribution in [0, 0.1) is 34.5 Å². The van der Waals surface area contributed by atoms with Crippen LogP contribution in [0.4, 0.5) is 0 Å². The fraction of sp³-hybridized carbons (Fsp3) is 0.955. The monoisotopic (exact) mass is 317 g/mol. The van der Waals surface area contributed by atoms with Gasteiger partial charge in [0.05, 0.1) is 11.5 Å². The molecule has 2 fully saturated rings. The lowest BCUT2D eigenvalue weighted by atomic mass is 9.62. The Morgan fingerprint density at radius 2 is 1.70 bits per heavy atom. The van der Waals surface area contributed by atoms with Gasteiger partial charge >= 0.3 is 0 Å². The molecule has 2 aliphatic carbocycles. The summed E-state index contributed by atoms with van der Waals surface area (Å²) in [7, 11) is 0. The molecule has 0 aromatic heterocycles. The van der Waals surface area contributed by atoms with E-state index >= 15 is 0 Å². The fourth-order valence-corrected chi connectivity index (χ4v) is 5.48. The van der Waals surface area contributed by atoms with E-state index in [0.717, 1.165) is 24.2 Å². The molecule has 0 amide bonds. The second-order valence-corrected chi connectivity index (χ2v) is 8.63. The van der Waals surface area contributed by atoms with Crippen LogP contribution in [0.15, 0.2) is 0 Å². The van der Waals surface area contributed by atoms with Crippen LogP contribution in [0.25, 0.3) is 0 Å².